The van der Waals surface area contributed by atoms with Crippen LogP contribution in [-0.4, -0.2) is 21.5 Å². The van der Waals surface area contributed by atoms with E-state index in [0.717, 1.165) is 18.5 Å². The topological polar surface area (TPSA) is 76.2 Å². The molecule has 1 aliphatic rings. The summed E-state index contributed by atoms with van der Waals surface area (Å²) in [5.41, 5.74) is 3.37. The van der Waals surface area contributed by atoms with Crippen molar-refractivity contribution in [2.45, 2.75) is 44.6 Å². The summed E-state index contributed by atoms with van der Waals surface area (Å²) < 4.78 is 3.82. The maximum atomic E-state index is 5.48. The summed E-state index contributed by atoms with van der Waals surface area (Å²) in [5, 5.41) is 5.83. The maximum absolute atomic E-state index is 5.48. The van der Waals surface area contributed by atoms with Gasteiger partial charge in [0.1, 0.15) is 5.69 Å². The lowest BCUT2D eigenvalue weighted by atomic mass is 10.1. The van der Waals surface area contributed by atoms with Crippen LogP contribution in [0, 0.1) is 0 Å². The highest BCUT2D eigenvalue weighted by Gasteiger charge is 2.13. The van der Waals surface area contributed by atoms with Gasteiger partial charge in [-0.05, 0) is 24.4 Å². The first-order valence-electron chi connectivity index (χ1n) is 5.72. The Balaban J connectivity index is 2.07. The van der Waals surface area contributed by atoms with Crippen molar-refractivity contribution in [2.24, 2.45) is 10.8 Å². The van der Waals surface area contributed by atoms with Gasteiger partial charge in [-0.15, -0.1) is 5.10 Å². The van der Waals surface area contributed by atoms with E-state index in [4.69, 9.17) is 5.84 Å². The molecule has 1 aromatic rings. The summed E-state index contributed by atoms with van der Waals surface area (Å²) in [4.78, 5) is 4.64. The first-order valence-corrected chi connectivity index (χ1v) is 6.55. The quantitative estimate of drug-likeness (QED) is 0.269. The van der Waals surface area contributed by atoms with Gasteiger partial charge >= 0.3 is 0 Å². The predicted molar refractivity (Wildman–Crippen MR) is 65.3 cm³/mol. The number of amidine groups is 1. The van der Waals surface area contributed by atoms with Gasteiger partial charge in [0.15, 0.2) is 5.84 Å². The van der Waals surface area contributed by atoms with E-state index in [-0.39, 0.29) is 0 Å². The molecule has 0 spiro atoms. The SMILES string of the molecule is NNC(=NC1CCCCCC1)c1csnn1. The van der Waals surface area contributed by atoms with Crippen LogP contribution in [0.1, 0.15) is 44.2 Å². The van der Waals surface area contributed by atoms with E-state index in [1.165, 1.54) is 37.2 Å². The second-order valence-electron chi connectivity index (χ2n) is 4.06. The smallest absolute Gasteiger partial charge is 0.164 e. The highest BCUT2D eigenvalue weighted by molar-refractivity contribution is 7.03. The molecule has 1 saturated carbocycles. The van der Waals surface area contributed by atoms with Crippen LogP contribution in [0.15, 0.2) is 10.4 Å². The lowest BCUT2D eigenvalue weighted by Crippen LogP contribution is -2.32. The summed E-state index contributed by atoms with van der Waals surface area (Å²) in [6.45, 7) is 0. The van der Waals surface area contributed by atoms with Gasteiger partial charge < -0.3 is 5.43 Å². The molecule has 1 aromatic heterocycles. The first-order chi connectivity index (χ1) is 7.90. The van der Waals surface area contributed by atoms with E-state index in [9.17, 15) is 0 Å². The zero-order chi connectivity index (χ0) is 11.2. The number of nitrogens with zero attached hydrogens (tertiary/aromatic N) is 3. The normalized spacial score (nSPS) is 19.4. The molecule has 1 heterocycles. The van der Waals surface area contributed by atoms with E-state index < -0.39 is 0 Å². The van der Waals surface area contributed by atoms with E-state index in [0.29, 0.717) is 11.9 Å². The summed E-state index contributed by atoms with van der Waals surface area (Å²) in [6, 6.07) is 0.384. The lowest BCUT2D eigenvalue weighted by molar-refractivity contribution is 0.583. The Morgan fingerprint density at radius 2 is 2.12 bits per heavy atom. The van der Waals surface area contributed by atoms with Crippen LogP contribution in [0.3, 0.4) is 0 Å². The number of rotatable bonds is 2. The fraction of sp³-hybridized carbons (Fsp3) is 0.700. The average Bonchev–Trinajstić information content (AvgIpc) is 2.71. The Morgan fingerprint density at radius 1 is 1.38 bits per heavy atom. The molecule has 0 unspecified atom stereocenters. The van der Waals surface area contributed by atoms with Crippen molar-refractivity contribution in [1.29, 1.82) is 0 Å². The van der Waals surface area contributed by atoms with Gasteiger partial charge in [0.2, 0.25) is 0 Å². The molecule has 0 bridgehead atoms. The average molecular weight is 239 g/mol. The Kier molecular flexibility index (Phi) is 4.24. The molecule has 3 N–H and O–H groups in total. The first kappa shape index (κ1) is 11.5. The Hall–Kier alpha value is -1.01. The van der Waals surface area contributed by atoms with Crippen LogP contribution < -0.4 is 11.3 Å². The summed E-state index contributed by atoms with van der Waals surface area (Å²) in [5.74, 6) is 6.14. The molecule has 1 fully saturated rings. The zero-order valence-electron chi connectivity index (χ0n) is 9.22. The van der Waals surface area contributed by atoms with Gasteiger partial charge in [0.25, 0.3) is 0 Å². The number of nitrogens with two attached hydrogens (primary N) is 1. The van der Waals surface area contributed by atoms with Crippen molar-refractivity contribution in [1.82, 2.24) is 15.0 Å². The Morgan fingerprint density at radius 3 is 2.69 bits per heavy atom. The number of hydrogen-bond donors (Lipinski definition) is 2. The van der Waals surface area contributed by atoms with E-state index in [2.05, 4.69) is 20.0 Å². The third-order valence-corrected chi connectivity index (χ3v) is 3.38. The summed E-state index contributed by atoms with van der Waals surface area (Å²) in [6.07, 6.45) is 7.50. The molecule has 2 rings (SSSR count). The minimum absolute atomic E-state index is 0.384. The minimum Gasteiger partial charge on any atom is -0.307 e. The van der Waals surface area contributed by atoms with Crippen LogP contribution in [-0.2, 0) is 0 Å². The second kappa shape index (κ2) is 5.91. The van der Waals surface area contributed by atoms with Crippen molar-refractivity contribution in [3.63, 3.8) is 0 Å². The minimum atomic E-state index is 0.384. The van der Waals surface area contributed by atoms with Crippen LogP contribution in [0.2, 0.25) is 0 Å². The number of aromatic nitrogens is 2. The van der Waals surface area contributed by atoms with E-state index >= 15 is 0 Å². The van der Waals surface area contributed by atoms with Crippen molar-refractivity contribution in [2.75, 3.05) is 0 Å². The summed E-state index contributed by atoms with van der Waals surface area (Å²) in [7, 11) is 0. The molecule has 1 aliphatic carbocycles. The molecule has 0 aromatic carbocycles. The monoisotopic (exact) mass is 239 g/mol. The zero-order valence-corrected chi connectivity index (χ0v) is 10.0. The largest absolute Gasteiger partial charge is 0.307 e. The van der Waals surface area contributed by atoms with Crippen LogP contribution in [0.25, 0.3) is 0 Å². The molecule has 0 aliphatic heterocycles. The lowest BCUT2D eigenvalue weighted by Gasteiger charge is -2.10. The Labute approximate surface area is 99.3 Å². The van der Waals surface area contributed by atoms with Crippen LogP contribution in [0.4, 0.5) is 0 Å². The third kappa shape index (κ3) is 2.99. The molecule has 0 radical (unpaired) electrons. The molecule has 88 valence electrons. The van der Waals surface area contributed by atoms with Gasteiger partial charge in [-0.1, -0.05) is 30.2 Å². The predicted octanol–water partition coefficient (Wildman–Crippen LogP) is 1.47. The fourth-order valence-electron chi connectivity index (χ4n) is 2.01. The Bertz CT molecular complexity index is 327. The van der Waals surface area contributed by atoms with Crippen molar-refractivity contribution < 1.29 is 0 Å². The fourth-order valence-corrected chi connectivity index (χ4v) is 2.46. The van der Waals surface area contributed by atoms with Gasteiger partial charge in [0, 0.05) is 5.38 Å². The van der Waals surface area contributed by atoms with Gasteiger partial charge in [-0.25, -0.2) is 5.84 Å². The van der Waals surface area contributed by atoms with E-state index in [1.54, 1.807) is 0 Å². The molecule has 5 nitrogen and oxygen atoms in total. The molecule has 16 heavy (non-hydrogen) atoms. The number of aliphatic imine (C=N–C) groups is 1. The van der Waals surface area contributed by atoms with Crippen LogP contribution >= 0.6 is 11.5 Å². The number of hydrazine groups is 1. The van der Waals surface area contributed by atoms with Crippen molar-refractivity contribution in [3.05, 3.63) is 11.1 Å². The third-order valence-electron chi connectivity index (χ3n) is 2.88. The van der Waals surface area contributed by atoms with Crippen molar-refractivity contribution in [3.8, 4) is 0 Å². The summed E-state index contributed by atoms with van der Waals surface area (Å²) >= 11 is 1.31. The molecular weight excluding hydrogens is 222 g/mol. The second-order valence-corrected chi connectivity index (χ2v) is 4.67. The molecular formula is C10H17N5S. The molecule has 0 saturated heterocycles. The number of hydrogen-bond acceptors (Lipinski definition) is 5. The van der Waals surface area contributed by atoms with Gasteiger partial charge in [-0.2, -0.15) is 0 Å². The molecule has 0 atom stereocenters. The molecule has 6 heteroatoms. The van der Waals surface area contributed by atoms with Gasteiger partial charge in [0.05, 0.1) is 6.04 Å². The standard InChI is InChI=1S/C10H17N5S/c11-13-10(9-7-16-15-14-9)12-8-5-3-1-2-4-6-8/h7-8H,1-6,11H2,(H,12,13). The van der Waals surface area contributed by atoms with E-state index in [1.807, 2.05) is 5.38 Å². The maximum Gasteiger partial charge on any atom is 0.164 e. The highest BCUT2D eigenvalue weighted by Crippen LogP contribution is 2.20. The highest BCUT2D eigenvalue weighted by atomic mass is 32.1. The molecule has 0 amide bonds. The number of nitrogens with one attached hydrogen (secondary N) is 1. The van der Waals surface area contributed by atoms with Gasteiger partial charge in [-0.3, -0.25) is 4.99 Å². The van der Waals surface area contributed by atoms with Crippen LogP contribution in [0.5, 0.6) is 0 Å². The van der Waals surface area contributed by atoms with Crippen molar-refractivity contribution >= 4 is 17.4 Å².